The summed E-state index contributed by atoms with van der Waals surface area (Å²) in [7, 11) is 1.71. The third kappa shape index (κ3) is 1.98. The second-order valence-corrected chi connectivity index (χ2v) is 6.30. The van der Waals surface area contributed by atoms with Crippen LogP contribution in [0.3, 0.4) is 0 Å². The third-order valence-electron chi connectivity index (χ3n) is 4.13. The van der Waals surface area contributed by atoms with E-state index in [0.717, 1.165) is 17.1 Å². The smallest absolute Gasteiger partial charge is 0.197 e. The van der Waals surface area contributed by atoms with Crippen molar-refractivity contribution in [3.8, 4) is 0 Å². The minimum atomic E-state index is 0.0387. The van der Waals surface area contributed by atoms with Gasteiger partial charge >= 0.3 is 0 Å². The summed E-state index contributed by atoms with van der Waals surface area (Å²) in [5, 5.41) is 1.40. The van der Waals surface area contributed by atoms with E-state index in [-0.39, 0.29) is 16.8 Å². The van der Waals surface area contributed by atoms with Crippen molar-refractivity contribution in [3.05, 3.63) is 40.1 Å². The zero-order valence-corrected chi connectivity index (χ0v) is 12.7. The van der Waals surface area contributed by atoms with Crippen LogP contribution in [0.4, 0.5) is 0 Å². The number of benzene rings is 1. The molecule has 0 radical (unpaired) electrons. The van der Waals surface area contributed by atoms with Crippen molar-refractivity contribution in [1.82, 2.24) is 0 Å². The fourth-order valence-electron chi connectivity index (χ4n) is 3.05. The molecular formula is C16H18O3S. The summed E-state index contributed by atoms with van der Waals surface area (Å²) in [6.45, 7) is 4.26. The molecule has 106 valence electrons. The van der Waals surface area contributed by atoms with Gasteiger partial charge < -0.3 is 9.15 Å². The van der Waals surface area contributed by atoms with Crippen LogP contribution in [0.15, 0.2) is 38.6 Å². The first kappa shape index (κ1) is 13.7. The van der Waals surface area contributed by atoms with Crippen molar-refractivity contribution < 1.29 is 9.15 Å². The molecule has 0 saturated carbocycles. The summed E-state index contributed by atoms with van der Waals surface area (Å²) >= 11 is 1.52. The van der Waals surface area contributed by atoms with E-state index in [2.05, 4.69) is 13.8 Å². The van der Waals surface area contributed by atoms with Gasteiger partial charge in [-0.15, -0.1) is 0 Å². The highest BCUT2D eigenvalue weighted by atomic mass is 32.2. The number of ether oxygens (including phenoxy) is 1. The molecule has 2 aromatic rings. The Bertz CT molecular complexity index is 692. The van der Waals surface area contributed by atoms with Gasteiger partial charge in [-0.05, 0) is 30.4 Å². The summed E-state index contributed by atoms with van der Waals surface area (Å²) < 4.78 is 11.5. The van der Waals surface area contributed by atoms with Crippen LogP contribution in [-0.2, 0) is 4.74 Å². The summed E-state index contributed by atoms with van der Waals surface area (Å²) in [6, 6.07) is 7.45. The first-order chi connectivity index (χ1) is 9.67. The van der Waals surface area contributed by atoms with Gasteiger partial charge in [0.25, 0.3) is 0 Å². The van der Waals surface area contributed by atoms with Crippen LogP contribution < -0.4 is 5.43 Å². The van der Waals surface area contributed by atoms with Gasteiger partial charge in [-0.1, -0.05) is 37.7 Å². The van der Waals surface area contributed by atoms with Gasteiger partial charge in [0.15, 0.2) is 10.5 Å². The second-order valence-electron chi connectivity index (χ2n) is 5.22. The van der Waals surface area contributed by atoms with Crippen molar-refractivity contribution in [3.63, 3.8) is 0 Å². The number of para-hydroxylation sites is 1. The van der Waals surface area contributed by atoms with Gasteiger partial charge in [-0.25, -0.2) is 0 Å². The van der Waals surface area contributed by atoms with Crippen LogP contribution in [-0.4, -0.2) is 12.5 Å². The molecule has 2 heterocycles. The lowest BCUT2D eigenvalue weighted by atomic mass is 9.85. The Morgan fingerprint density at radius 2 is 2.10 bits per heavy atom. The van der Waals surface area contributed by atoms with Gasteiger partial charge in [0.2, 0.25) is 0 Å². The Morgan fingerprint density at radius 1 is 1.35 bits per heavy atom. The maximum absolute atomic E-state index is 12.8. The quantitative estimate of drug-likeness (QED) is 0.838. The fraction of sp³-hybridized carbons (Fsp3) is 0.438. The highest BCUT2D eigenvalue weighted by Gasteiger charge is 2.37. The zero-order chi connectivity index (χ0) is 14.3. The molecule has 0 aliphatic carbocycles. The summed E-state index contributed by atoms with van der Waals surface area (Å²) in [5.74, 6) is 0.489. The lowest BCUT2D eigenvalue weighted by Crippen LogP contribution is -2.31. The Kier molecular flexibility index (Phi) is 3.61. The molecule has 20 heavy (non-hydrogen) atoms. The molecule has 0 amide bonds. The molecule has 0 saturated heterocycles. The predicted molar refractivity (Wildman–Crippen MR) is 81.3 cm³/mol. The van der Waals surface area contributed by atoms with E-state index >= 15 is 0 Å². The summed E-state index contributed by atoms with van der Waals surface area (Å²) in [6.07, 6.45) is 0.914. The molecule has 0 bridgehead atoms. The summed E-state index contributed by atoms with van der Waals surface area (Å²) in [5.41, 5.74) is 1.64. The number of thioether (sulfide) groups is 1. The molecule has 0 N–H and O–H groups in total. The molecule has 1 aromatic heterocycles. The average Bonchev–Trinajstić information content (AvgIpc) is 2.47. The minimum Gasteiger partial charge on any atom is -0.449 e. The van der Waals surface area contributed by atoms with Crippen molar-refractivity contribution in [1.29, 1.82) is 0 Å². The van der Waals surface area contributed by atoms with Crippen molar-refractivity contribution >= 4 is 22.7 Å². The van der Waals surface area contributed by atoms with Crippen molar-refractivity contribution in [2.45, 2.75) is 36.7 Å². The maximum atomic E-state index is 12.8. The van der Waals surface area contributed by atoms with Crippen LogP contribution in [0, 0.1) is 5.92 Å². The third-order valence-corrected chi connectivity index (χ3v) is 5.50. The largest absolute Gasteiger partial charge is 0.449 e. The first-order valence-electron chi connectivity index (χ1n) is 6.92. The number of hydrogen-bond acceptors (Lipinski definition) is 4. The van der Waals surface area contributed by atoms with Gasteiger partial charge in [-0.2, -0.15) is 0 Å². The molecule has 0 fully saturated rings. The van der Waals surface area contributed by atoms with Gasteiger partial charge in [0, 0.05) is 7.11 Å². The number of methoxy groups -OCH3 is 1. The second kappa shape index (κ2) is 5.26. The summed E-state index contributed by atoms with van der Waals surface area (Å²) in [4.78, 5) is 12.8. The minimum absolute atomic E-state index is 0.0387. The number of rotatable bonds is 2. The highest BCUT2D eigenvalue weighted by Crippen LogP contribution is 2.46. The van der Waals surface area contributed by atoms with Crippen LogP contribution >= 0.6 is 11.8 Å². The molecule has 3 unspecified atom stereocenters. The molecule has 3 atom stereocenters. The SMILES string of the molecule is CCC1c2c(oc3ccccc3c2=O)SC(OC)C1C. The van der Waals surface area contributed by atoms with Crippen molar-refractivity contribution in [2.24, 2.45) is 5.92 Å². The zero-order valence-electron chi connectivity index (χ0n) is 11.9. The van der Waals surface area contributed by atoms with Crippen LogP contribution in [0.25, 0.3) is 11.0 Å². The van der Waals surface area contributed by atoms with Gasteiger partial charge in [0.1, 0.15) is 11.0 Å². The van der Waals surface area contributed by atoms with Gasteiger partial charge in [0.05, 0.1) is 10.9 Å². The van der Waals surface area contributed by atoms with Gasteiger partial charge in [-0.3, -0.25) is 4.79 Å². The average molecular weight is 290 g/mol. The fourth-order valence-corrected chi connectivity index (χ4v) is 4.27. The molecular weight excluding hydrogens is 272 g/mol. The van der Waals surface area contributed by atoms with E-state index in [1.54, 1.807) is 7.11 Å². The molecule has 3 rings (SSSR count). The standard InChI is InChI=1S/C16H18O3S/c1-4-10-9(2)15(18-3)20-16-13(10)14(17)11-7-5-6-8-12(11)19-16/h5-10,15H,4H2,1-3H3. The molecule has 1 aromatic carbocycles. The Hall–Kier alpha value is -1.26. The van der Waals surface area contributed by atoms with E-state index in [1.807, 2.05) is 24.3 Å². The van der Waals surface area contributed by atoms with E-state index < -0.39 is 0 Å². The van der Waals surface area contributed by atoms with E-state index in [4.69, 9.17) is 9.15 Å². The topological polar surface area (TPSA) is 39.4 Å². The van der Waals surface area contributed by atoms with E-state index in [9.17, 15) is 4.79 Å². The Morgan fingerprint density at radius 3 is 2.80 bits per heavy atom. The normalized spacial score (nSPS) is 25.6. The lowest BCUT2D eigenvalue weighted by Gasteiger charge is -2.34. The molecule has 1 aliphatic heterocycles. The molecule has 3 nitrogen and oxygen atoms in total. The Balaban J connectivity index is 2.28. The predicted octanol–water partition coefficient (Wildman–Crippen LogP) is 4.00. The molecule has 1 aliphatic rings. The Labute approximate surface area is 122 Å². The van der Waals surface area contributed by atoms with Crippen molar-refractivity contribution in [2.75, 3.05) is 7.11 Å². The molecule has 4 heteroatoms. The van der Waals surface area contributed by atoms with Crippen LogP contribution in [0.1, 0.15) is 31.7 Å². The first-order valence-corrected chi connectivity index (χ1v) is 7.80. The lowest BCUT2D eigenvalue weighted by molar-refractivity contribution is 0.109. The van der Waals surface area contributed by atoms with E-state index in [0.29, 0.717) is 16.9 Å². The monoisotopic (exact) mass is 290 g/mol. The van der Waals surface area contributed by atoms with Crippen LogP contribution in [0.5, 0.6) is 0 Å². The van der Waals surface area contributed by atoms with Crippen LogP contribution in [0.2, 0.25) is 0 Å². The van der Waals surface area contributed by atoms with E-state index in [1.165, 1.54) is 11.8 Å². The molecule has 0 spiro atoms. The number of hydrogen-bond donors (Lipinski definition) is 0. The maximum Gasteiger partial charge on any atom is 0.197 e. The highest BCUT2D eigenvalue weighted by molar-refractivity contribution is 7.99. The number of fused-ring (bicyclic) bond motifs is 2.